The SMILES string of the molecule is Cn1ccc2cc([C@H](O)CNC(=O)C(=O)Nc3ccc4c(c3)OCCO4)ccc21. The Morgan fingerprint density at radius 3 is 2.69 bits per heavy atom. The maximum Gasteiger partial charge on any atom is 0.313 e. The van der Waals surface area contributed by atoms with Crippen molar-refractivity contribution in [3.05, 3.63) is 54.2 Å². The average Bonchev–Trinajstić information content (AvgIpc) is 3.11. The lowest BCUT2D eigenvalue weighted by Gasteiger charge is -2.19. The first-order valence-electron chi connectivity index (χ1n) is 9.23. The van der Waals surface area contributed by atoms with Gasteiger partial charge < -0.3 is 29.8 Å². The minimum Gasteiger partial charge on any atom is -0.486 e. The van der Waals surface area contributed by atoms with Gasteiger partial charge in [-0.25, -0.2) is 0 Å². The molecule has 0 bridgehead atoms. The molecule has 0 spiro atoms. The van der Waals surface area contributed by atoms with Crippen LogP contribution in [-0.4, -0.2) is 41.2 Å². The second-order valence-electron chi connectivity index (χ2n) is 6.78. The highest BCUT2D eigenvalue weighted by molar-refractivity contribution is 6.39. The Kier molecular flexibility index (Phi) is 5.09. The molecular formula is C21H21N3O5. The summed E-state index contributed by atoms with van der Waals surface area (Å²) >= 11 is 0. The van der Waals surface area contributed by atoms with Gasteiger partial charge in [-0.05, 0) is 41.3 Å². The van der Waals surface area contributed by atoms with Crippen LogP contribution in [-0.2, 0) is 16.6 Å². The van der Waals surface area contributed by atoms with Crippen molar-refractivity contribution in [2.24, 2.45) is 7.05 Å². The van der Waals surface area contributed by atoms with Gasteiger partial charge in [0.05, 0.1) is 6.10 Å². The molecule has 2 heterocycles. The highest BCUT2D eigenvalue weighted by Crippen LogP contribution is 2.32. The molecule has 2 amide bonds. The van der Waals surface area contributed by atoms with E-state index in [4.69, 9.17) is 9.47 Å². The monoisotopic (exact) mass is 395 g/mol. The molecule has 0 aliphatic carbocycles. The van der Waals surface area contributed by atoms with Crippen LogP contribution in [0.2, 0.25) is 0 Å². The van der Waals surface area contributed by atoms with Crippen LogP contribution in [0.5, 0.6) is 11.5 Å². The molecule has 3 N–H and O–H groups in total. The smallest absolute Gasteiger partial charge is 0.313 e. The number of carbonyl (C=O) groups excluding carboxylic acids is 2. The Morgan fingerprint density at radius 1 is 1.07 bits per heavy atom. The largest absolute Gasteiger partial charge is 0.486 e. The lowest BCUT2D eigenvalue weighted by atomic mass is 10.1. The van der Waals surface area contributed by atoms with Crippen molar-refractivity contribution in [2.75, 3.05) is 25.1 Å². The molecule has 1 aliphatic rings. The van der Waals surface area contributed by atoms with Crippen molar-refractivity contribution in [3.8, 4) is 11.5 Å². The zero-order valence-electron chi connectivity index (χ0n) is 15.8. The summed E-state index contributed by atoms with van der Waals surface area (Å²) in [5.74, 6) is -0.550. The van der Waals surface area contributed by atoms with Crippen molar-refractivity contribution in [1.29, 1.82) is 0 Å². The number of anilines is 1. The molecule has 0 radical (unpaired) electrons. The van der Waals surface area contributed by atoms with Gasteiger partial charge in [0.15, 0.2) is 11.5 Å². The first kappa shape index (κ1) is 18.8. The summed E-state index contributed by atoms with van der Waals surface area (Å²) in [4.78, 5) is 24.2. The van der Waals surface area contributed by atoms with Gasteiger partial charge in [0.2, 0.25) is 0 Å². The van der Waals surface area contributed by atoms with E-state index < -0.39 is 17.9 Å². The number of benzene rings is 2. The van der Waals surface area contributed by atoms with Crippen LogP contribution in [0.1, 0.15) is 11.7 Å². The number of aliphatic hydroxyl groups excluding tert-OH is 1. The van der Waals surface area contributed by atoms with Gasteiger partial charge in [0, 0.05) is 37.1 Å². The Bertz CT molecular complexity index is 1080. The molecule has 0 unspecified atom stereocenters. The third kappa shape index (κ3) is 4.02. The van der Waals surface area contributed by atoms with Crippen LogP contribution in [0.15, 0.2) is 48.7 Å². The first-order valence-corrected chi connectivity index (χ1v) is 9.23. The summed E-state index contributed by atoms with van der Waals surface area (Å²) in [6.45, 7) is 0.823. The number of carbonyl (C=O) groups is 2. The summed E-state index contributed by atoms with van der Waals surface area (Å²) in [7, 11) is 1.94. The predicted octanol–water partition coefficient (Wildman–Crippen LogP) is 1.74. The second-order valence-corrected chi connectivity index (χ2v) is 6.78. The summed E-state index contributed by atoms with van der Waals surface area (Å²) in [6, 6.07) is 12.4. The van der Waals surface area contributed by atoms with E-state index in [1.165, 1.54) is 0 Å². The van der Waals surface area contributed by atoms with E-state index in [2.05, 4.69) is 10.6 Å². The highest BCUT2D eigenvalue weighted by Gasteiger charge is 2.18. The zero-order chi connectivity index (χ0) is 20.4. The normalized spacial score (nSPS) is 13.7. The number of aryl methyl sites for hydroxylation is 1. The molecule has 8 nitrogen and oxygen atoms in total. The van der Waals surface area contributed by atoms with Gasteiger partial charge in [0.1, 0.15) is 13.2 Å². The molecule has 0 saturated carbocycles. The average molecular weight is 395 g/mol. The second kappa shape index (κ2) is 7.84. The first-order chi connectivity index (χ1) is 14.0. The Hall–Kier alpha value is -3.52. The van der Waals surface area contributed by atoms with Crippen LogP contribution in [0.4, 0.5) is 5.69 Å². The number of hydrogen-bond donors (Lipinski definition) is 3. The fourth-order valence-electron chi connectivity index (χ4n) is 3.20. The Balaban J connectivity index is 1.34. The van der Waals surface area contributed by atoms with E-state index in [1.807, 2.05) is 36.0 Å². The number of nitrogens with zero attached hydrogens (tertiary/aromatic N) is 1. The zero-order valence-corrected chi connectivity index (χ0v) is 15.8. The molecule has 3 aromatic rings. The molecule has 1 aliphatic heterocycles. The van der Waals surface area contributed by atoms with E-state index >= 15 is 0 Å². The van der Waals surface area contributed by atoms with Gasteiger partial charge in [-0.2, -0.15) is 0 Å². The van der Waals surface area contributed by atoms with Crippen LogP contribution in [0.25, 0.3) is 10.9 Å². The van der Waals surface area contributed by atoms with E-state index in [-0.39, 0.29) is 6.54 Å². The fourth-order valence-corrected chi connectivity index (χ4v) is 3.20. The number of fused-ring (bicyclic) bond motifs is 2. The van der Waals surface area contributed by atoms with Crippen LogP contribution in [0, 0.1) is 0 Å². The molecule has 150 valence electrons. The van der Waals surface area contributed by atoms with Crippen molar-refractivity contribution >= 4 is 28.4 Å². The van der Waals surface area contributed by atoms with E-state index in [0.29, 0.717) is 36.0 Å². The minimum absolute atomic E-state index is 0.0776. The topological polar surface area (TPSA) is 102 Å². The molecular weight excluding hydrogens is 374 g/mol. The molecule has 1 aromatic heterocycles. The number of amides is 2. The molecule has 0 saturated heterocycles. The number of nitrogens with one attached hydrogen (secondary N) is 2. The van der Waals surface area contributed by atoms with Gasteiger partial charge in [-0.3, -0.25) is 9.59 Å². The lowest BCUT2D eigenvalue weighted by Crippen LogP contribution is -2.37. The molecule has 4 rings (SSSR count). The Labute approximate surface area is 167 Å². The standard InChI is InChI=1S/C21H21N3O5/c1-24-7-6-13-10-14(2-4-16(13)24)17(25)12-22-20(26)21(27)23-15-3-5-18-19(11-15)29-9-8-28-18/h2-7,10-11,17,25H,8-9,12H2,1H3,(H,22,26)(H,23,27)/t17-/m1/s1. The lowest BCUT2D eigenvalue weighted by molar-refractivity contribution is -0.136. The molecule has 2 aromatic carbocycles. The predicted molar refractivity (Wildman–Crippen MR) is 107 cm³/mol. The third-order valence-corrected chi connectivity index (χ3v) is 4.76. The van der Waals surface area contributed by atoms with Crippen molar-refractivity contribution in [1.82, 2.24) is 9.88 Å². The summed E-state index contributed by atoms with van der Waals surface area (Å²) in [6.07, 6.45) is 1.01. The van der Waals surface area contributed by atoms with E-state index in [9.17, 15) is 14.7 Å². The van der Waals surface area contributed by atoms with Crippen molar-refractivity contribution in [2.45, 2.75) is 6.10 Å². The van der Waals surface area contributed by atoms with Crippen molar-refractivity contribution in [3.63, 3.8) is 0 Å². The van der Waals surface area contributed by atoms with E-state index in [0.717, 1.165) is 10.9 Å². The van der Waals surface area contributed by atoms with Gasteiger partial charge in [0.25, 0.3) is 0 Å². The summed E-state index contributed by atoms with van der Waals surface area (Å²) < 4.78 is 12.9. The molecule has 1 atom stereocenters. The fraction of sp³-hybridized carbons (Fsp3) is 0.238. The highest BCUT2D eigenvalue weighted by atomic mass is 16.6. The number of aromatic nitrogens is 1. The molecule has 29 heavy (non-hydrogen) atoms. The number of ether oxygens (including phenoxy) is 2. The number of hydrogen-bond acceptors (Lipinski definition) is 5. The quantitative estimate of drug-likeness (QED) is 0.584. The maximum absolute atomic E-state index is 12.1. The van der Waals surface area contributed by atoms with Crippen LogP contribution < -0.4 is 20.1 Å². The summed E-state index contributed by atoms with van der Waals surface area (Å²) in [5.41, 5.74) is 2.13. The third-order valence-electron chi connectivity index (χ3n) is 4.76. The number of aliphatic hydroxyl groups is 1. The Morgan fingerprint density at radius 2 is 1.86 bits per heavy atom. The summed E-state index contributed by atoms with van der Waals surface area (Å²) in [5, 5.41) is 16.3. The van der Waals surface area contributed by atoms with Gasteiger partial charge in [-0.15, -0.1) is 0 Å². The van der Waals surface area contributed by atoms with Crippen LogP contribution >= 0.6 is 0 Å². The van der Waals surface area contributed by atoms with Gasteiger partial charge in [-0.1, -0.05) is 6.07 Å². The molecule has 8 heteroatoms. The minimum atomic E-state index is -0.925. The van der Waals surface area contributed by atoms with Crippen molar-refractivity contribution < 1.29 is 24.2 Å². The van der Waals surface area contributed by atoms with Crippen LogP contribution in [0.3, 0.4) is 0 Å². The number of rotatable bonds is 4. The molecule has 0 fully saturated rings. The maximum atomic E-state index is 12.1. The van der Waals surface area contributed by atoms with E-state index in [1.54, 1.807) is 24.3 Å². The van der Waals surface area contributed by atoms with Gasteiger partial charge >= 0.3 is 11.8 Å².